The Morgan fingerprint density at radius 3 is 2.66 bits per heavy atom. The van der Waals surface area contributed by atoms with E-state index >= 15 is 0 Å². The third-order valence-corrected chi connectivity index (χ3v) is 7.24. The minimum atomic E-state index is -0.0662. The highest BCUT2D eigenvalue weighted by molar-refractivity contribution is 7.99. The zero-order valence-electron chi connectivity index (χ0n) is 18.1. The van der Waals surface area contributed by atoms with Crippen LogP contribution in [0.1, 0.15) is 18.1 Å². The van der Waals surface area contributed by atoms with Crippen molar-refractivity contribution < 1.29 is 13.9 Å². The average Bonchev–Trinajstić information content (AvgIpc) is 2.81. The molecule has 164 valence electrons. The first kappa shape index (κ1) is 20.8. The van der Waals surface area contributed by atoms with Gasteiger partial charge in [-0.1, -0.05) is 30.0 Å². The Balaban J connectivity index is 1.52. The number of amides is 1. The first-order chi connectivity index (χ1) is 15.5. The summed E-state index contributed by atoms with van der Waals surface area (Å²) in [5.74, 6) is 1.18. The Hall–Kier alpha value is -3.03. The summed E-state index contributed by atoms with van der Waals surface area (Å²) in [5.41, 5.74) is 4.12. The van der Waals surface area contributed by atoms with Crippen molar-refractivity contribution in [3.05, 3.63) is 69.9 Å². The van der Waals surface area contributed by atoms with Gasteiger partial charge in [0.05, 0.1) is 13.2 Å². The highest BCUT2D eigenvalue weighted by Crippen LogP contribution is 2.45. The molecule has 2 aromatic carbocycles. The molecule has 7 heteroatoms. The average molecular weight is 449 g/mol. The van der Waals surface area contributed by atoms with Crippen LogP contribution in [0.2, 0.25) is 0 Å². The van der Waals surface area contributed by atoms with Gasteiger partial charge in [0.2, 0.25) is 5.91 Å². The molecule has 3 aromatic rings. The number of anilines is 2. The lowest BCUT2D eigenvalue weighted by Crippen LogP contribution is -2.36. The van der Waals surface area contributed by atoms with Gasteiger partial charge in [0.15, 0.2) is 11.3 Å². The summed E-state index contributed by atoms with van der Waals surface area (Å²) in [6.07, 6.45) is 0.762. The Bertz CT molecular complexity index is 1250. The highest BCUT2D eigenvalue weighted by atomic mass is 32.2. The van der Waals surface area contributed by atoms with Gasteiger partial charge in [-0.05, 0) is 35.7 Å². The third kappa shape index (κ3) is 3.94. The molecule has 0 N–H and O–H groups in total. The molecule has 1 amide bonds. The number of benzene rings is 2. The molecule has 2 aliphatic heterocycles. The van der Waals surface area contributed by atoms with Crippen molar-refractivity contribution in [2.24, 2.45) is 0 Å². The van der Waals surface area contributed by atoms with Crippen molar-refractivity contribution in [1.82, 2.24) is 0 Å². The van der Waals surface area contributed by atoms with E-state index in [0.717, 1.165) is 27.5 Å². The number of fused-ring (bicyclic) bond motifs is 2. The van der Waals surface area contributed by atoms with Gasteiger partial charge in [0.1, 0.15) is 5.76 Å². The van der Waals surface area contributed by atoms with Gasteiger partial charge in [0, 0.05) is 60.2 Å². The second kappa shape index (κ2) is 8.48. The number of rotatable bonds is 3. The first-order valence-electron chi connectivity index (χ1n) is 10.6. The smallest absolute Gasteiger partial charge is 0.223 e. The van der Waals surface area contributed by atoms with Crippen LogP contribution in [0.25, 0.3) is 11.3 Å². The lowest BCUT2D eigenvalue weighted by molar-refractivity contribution is -0.116. The predicted molar refractivity (Wildman–Crippen MR) is 126 cm³/mol. The van der Waals surface area contributed by atoms with Gasteiger partial charge in [-0.3, -0.25) is 9.59 Å². The Labute approximate surface area is 190 Å². The van der Waals surface area contributed by atoms with E-state index in [1.54, 1.807) is 42.8 Å². The molecule has 1 aromatic heterocycles. The molecular formula is C25H24N2O4S. The Morgan fingerprint density at radius 2 is 1.88 bits per heavy atom. The van der Waals surface area contributed by atoms with Crippen molar-refractivity contribution in [3.8, 4) is 11.3 Å². The summed E-state index contributed by atoms with van der Waals surface area (Å²) in [7, 11) is 1.79. The Morgan fingerprint density at radius 1 is 1.06 bits per heavy atom. The highest BCUT2D eigenvalue weighted by Gasteiger charge is 2.23. The standard InChI is InChI=1S/C25H24N2O4S/c1-16(28)26(2)19-6-7-23-18(13-19)12-17-4-3-5-21(25(17)32-23)22-14-20(29)15-24(31-22)27-8-10-30-11-9-27/h3-7,13-15H,8-12H2,1-2H3. The van der Waals surface area contributed by atoms with Crippen LogP contribution in [-0.2, 0) is 16.0 Å². The predicted octanol–water partition coefficient (Wildman–Crippen LogP) is 4.18. The SMILES string of the molecule is CC(=O)N(C)c1ccc2c(c1)Cc1cccc(-c3cc(=O)cc(N4CCOCC4)o3)c1S2. The first-order valence-corrected chi connectivity index (χ1v) is 11.5. The van der Waals surface area contributed by atoms with Gasteiger partial charge in [-0.2, -0.15) is 0 Å². The molecule has 0 saturated carbocycles. The van der Waals surface area contributed by atoms with Crippen molar-refractivity contribution in [1.29, 1.82) is 0 Å². The van der Waals surface area contributed by atoms with Gasteiger partial charge in [-0.25, -0.2) is 0 Å². The quantitative estimate of drug-likeness (QED) is 0.469. The normalized spacial score (nSPS) is 15.1. The van der Waals surface area contributed by atoms with E-state index < -0.39 is 0 Å². The second-order valence-corrected chi connectivity index (χ2v) is 9.09. The molecule has 0 aliphatic carbocycles. The number of ether oxygens (including phenoxy) is 1. The molecule has 2 aliphatic rings. The largest absolute Gasteiger partial charge is 0.440 e. The van der Waals surface area contributed by atoms with Crippen molar-refractivity contribution in [2.45, 2.75) is 23.1 Å². The fourth-order valence-electron chi connectivity index (χ4n) is 4.08. The van der Waals surface area contributed by atoms with E-state index in [9.17, 15) is 9.59 Å². The van der Waals surface area contributed by atoms with E-state index in [1.165, 1.54) is 11.1 Å². The molecular weight excluding hydrogens is 424 g/mol. The fraction of sp³-hybridized carbons (Fsp3) is 0.280. The van der Waals surface area contributed by atoms with Crippen LogP contribution in [0.4, 0.5) is 11.6 Å². The summed E-state index contributed by atoms with van der Waals surface area (Å²) in [5, 5.41) is 0. The van der Waals surface area contributed by atoms with Crippen LogP contribution in [0.15, 0.2) is 67.5 Å². The van der Waals surface area contributed by atoms with E-state index in [-0.39, 0.29) is 11.3 Å². The molecule has 1 fully saturated rings. The lowest BCUT2D eigenvalue weighted by atomic mass is 10.00. The van der Waals surface area contributed by atoms with Gasteiger partial charge >= 0.3 is 0 Å². The van der Waals surface area contributed by atoms with Crippen molar-refractivity contribution in [3.63, 3.8) is 0 Å². The zero-order valence-corrected chi connectivity index (χ0v) is 18.9. The van der Waals surface area contributed by atoms with Crippen LogP contribution in [0.5, 0.6) is 0 Å². The number of carbonyl (C=O) groups excluding carboxylic acids is 1. The summed E-state index contributed by atoms with van der Waals surface area (Å²) in [6, 6.07) is 15.4. The van der Waals surface area contributed by atoms with Crippen LogP contribution < -0.4 is 15.2 Å². The molecule has 0 unspecified atom stereocenters. The summed E-state index contributed by atoms with van der Waals surface area (Å²) in [4.78, 5) is 30.2. The van der Waals surface area contributed by atoms with Crippen LogP contribution >= 0.6 is 11.8 Å². The van der Waals surface area contributed by atoms with Gasteiger partial charge in [0.25, 0.3) is 0 Å². The maximum absolute atomic E-state index is 12.5. The maximum Gasteiger partial charge on any atom is 0.223 e. The molecule has 0 spiro atoms. The number of nitrogens with zero attached hydrogens (tertiary/aromatic N) is 2. The Kier molecular flexibility index (Phi) is 5.53. The van der Waals surface area contributed by atoms with E-state index in [1.807, 2.05) is 18.2 Å². The monoisotopic (exact) mass is 448 g/mol. The maximum atomic E-state index is 12.5. The topological polar surface area (TPSA) is 63.0 Å². The lowest BCUT2D eigenvalue weighted by Gasteiger charge is -2.27. The van der Waals surface area contributed by atoms with Crippen molar-refractivity contribution in [2.75, 3.05) is 43.2 Å². The molecule has 1 saturated heterocycles. The molecule has 5 rings (SSSR count). The zero-order chi connectivity index (χ0) is 22.2. The molecule has 0 bridgehead atoms. The third-order valence-electron chi connectivity index (χ3n) is 5.94. The number of morpholine rings is 1. The second-order valence-electron chi connectivity index (χ2n) is 8.04. The van der Waals surface area contributed by atoms with Crippen LogP contribution in [-0.4, -0.2) is 39.3 Å². The van der Waals surface area contributed by atoms with E-state index in [2.05, 4.69) is 23.1 Å². The van der Waals surface area contributed by atoms with E-state index in [0.29, 0.717) is 37.9 Å². The van der Waals surface area contributed by atoms with Gasteiger partial charge < -0.3 is 19.0 Å². The summed E-state index contributed by atoms with van der Waals surface area (Å²) in [6.45, 7) is 4.23. The van der Waals surface area contributed by atoms with Crippen LogP contribution in [0.3, 0.4) is 0 Å². The summed E-state index contributed by atoms with van der Waals surface area (Å²) < 4.78 is 11.7. The number of carbonyl (C=O) groups is 1. The summed E-state index contributed by atoms with van der Waals surface area (Å²) >= 11 is 1.68. The van der Waals surface area contributed by atoms with E-state index in [4.69, 9.17) is 9.15 Å². The molecule has 3 heterocycles. The molecule has 0 radical (unpaired) electrons. The minimum absolute atomic E-state index is 0.00581. The molecule has 6 nitrogen and oxygen atoms in total. The van der Waals surface area contributed by atoms with Gasteiger partial charge in [-0.15, -0.1) is 0 Å². The van der Waals surface area contributed by atoms with Crippen molar-refractivity contribution >= 4 is 29.2 Å². The molecule has 32 heavy (non-hydrogen) atoms. The number of hydrogen-bond acceptors (Lipinski definition) is 6. The molecule has 0 atom stereocenters. The fourth-order valence-corrected chi connectivity index (χ4v) is 5.25. The minimum Gasteiger partial charge on any atom is -0.440 e. The van der Waals surface area contributed by atoms with Crippen LogP contribution in [0, 0.1) is 0 Å². The number of hydrogen-bond donors (Lipinski definition) is 0.